The number of ether oxygens (including phenoxy) is 2. The molecule has 9 heteroatoms. The van der Waals surface area contributed by atoms with E-state index in [1.54, 1.807) is 0 Å². The van der Waals surface area contributed by atoms with Crippen LogP contribution in [0.15, 0.2) is 97.2 Å². The van der Waals surface area contributed by atoms with Crippen molar-refractivity contribution in [2.24, 2.45) is 0 Å². The number of unbranched alkanes of at least 4 members (excludes halogenated alkanes) is 7. The maximum Gasteiger partial charge on any atom is 0.220 e. The number of aliphatic hydroxyl groups excluding tert-OH is 5. The van der Waals surface area contributed by atoms with E-state index in [-0.39, 0.29) is 12.5 Å². The predicted octanol–water partition coefficient (Wildman–Crippen LogP) is 8.55. The van der Waals surface area contributed by atoms with Gasteiger partial charge in [0.05, 0.1) is 25.4 Å². The summed E-state index contributed by atoms with van der Waals surface area (Å²) in [5.41, 5.74) is 0. The zero-order valence-corrected chi connectivity index (χ0v) is 34.6. The predicted molar refractivity (Wildman–Crippen MR) is 230 cm³/mol. The molecule has 1 aliphatic heterocycles. The summed E-state index contributed by atoms with van der Waals surface area (Å²) in [4.78, 5) is 12.8. The second-order valence-corrected chi connectivity index (χ2v) is 14.4. The summed E-state index contributed by atoms with van der Waals surface area (Å²) in [6.45, 7) is 3.54. The van der Waals surface area contributed by atoms with Crippen molar-refractivity contribution in [1.29, 1.82) is 0 Å². The Morgan fingerprint density at radius 1 is 0.625 bits per heavy atom. The number of aliphatic hydroxyl groups is 5. The number of allylic oxidation sites excluding steroid dienone is 16. The Hall–Kier alpha value is -2.89. The monoisotopic (exact) mass is 784 g/mol. The Bertz CT molecular complexity index is 1190. The molecule has 318 valence electrons. The van der Waals surface area contributed by atoms with Crippen LogP contribution in [0.2, 0.25) is 0 Å². The summed E-state index contributed by atoms with van der Waals surface area (Å²) in [7, 11) is 0. The molecule has 0 saturated carbocycles. The Kier molecular flexibility index (Phi) is 33.3. The van der Waals surface area contributed by atoms with E-state index in [0.29, 0.717) is 12.8 Å². The van der Waals surface area contributed by atoms with E-state index in [9.17, 15) is 30.3 Å². The zero-order chi connectivity index (χ0) is 40.9. The van der Waals surface area contributed by atoms with Crippen molar-refractivity contribution in [3.05, 3.63) is 97.2 Å². The SMILES string of the molecule is CC/C=C\C/C=C\C/C=C\C/C=C\C/C=C\C/C=C\C/C=C\C/C=C\CCCCCCC(=O)NC(COC1OC(CO)C(O)C(O)C1O)C(O)CCCCCC. The number of hydrogen-bond donors (Lipinski definition) is 6. The molecule has 56 heavy (non-hydrogen) atoms. The van der Waals surface area contributed by atoms with Crippen LogP contribution < -0.4 is 5.32 Å². The van der Waals surface area contributed by atoms with Crippen molar-refractivity contribution in [3.63, 3.8) is 0 Å². The summed E-state index contributed by atoms with van der Waals surface area (Å²) in [6.07, 6.45) is 44.8. The van der Waals surface area contributed by atoms with E-state index in [2.05, 4.69) is 116 Å². The summed E-state index contributed by atoms with van der Waals surface area (Å²) in [5, 5.41) is 53.6. The van der Waals surface area contributed by atoms with Gasteiger partial charge in [-0.25, -0.2) is 0 Å². The lowest BCUT2D eigenvalue weighted by Crippen LogP contribution is -2.60. The highest BCUT2D eigenvalue weighted by Gasteiger charge is 2.44. The molecule has 1 saturated heterocycles. The lowest BCUT2D eigenvalue weighted by atomic mass is 9.99. The zero-order valence-electron chi connectivity index (χ0n) is 34.6. The van der Waals surface area contributed by atoms with Crippen LogP contribution in [0.3, 0.4) is 0 Å². The van der Waals surface area contributed by atoms with Crippen molar-refractivity contribution in [3.8, 4) is 0 Å². The van der Waals surface area contributed by atoms with Gasteiger partial charge in [0.25, 0.3) is 0 Å². The van der Waals surface area contributed by atoms with Gasteiger partial charge in [-0.05, 0) is 77.0 Å². The molecule has 6 N–H and O–H groups in total. The number of nitrogens with one attached hydrogen (secondary N) is 1. The quantitative estimate of drug-likeness (QED) is 0.0287. The Labute approximate surface area is 339 Å². The number of carbonyl (C=O) groups excluding carboxylic acids is 1. The van der Waals surface area contributed by atoms with Gasteiger partial charge in [0.15, 0.2) is 6.29 Å². The molecule has 1 aliphatic rings. The van der Waals surface area contributed by atoms with Crippen LogP contribution in [0.5, 0.6) is 0 Å². The third-order valence-corrected chi connectivity index (χ3v) is 9.45. The van der Waals surface area contributed by atoms with Crippen LogP contribution in [0, 0.1) is 0 Å². The molecule has 7 atom stereocenters. The van der Waals surface area contributed by atoms with Gasteiger partial charge < -0.3 is 40.3 Å². The molecular weight excluding hydrogens is 707 g/mol. The van der Waals surface area contributed by atoms with Crippen LogP contribution >= 0.6 is 0 Å². The van der Waals surface area contributed by atoms with Gasteiger partial charge in [0, 0.05) is 6.42 Å². The normalized spacial score (nSPS) is 22.2. The van der Waals surface area contributed by atoms with E-state index in [0.717, 1.165) is 109 Å². The van der Waals surface area contributed by atoms with Crippen LogP contribution in [0.25, 0.3) is 0 Å². The van der Waals surface area contributed by atoms with Gasteiger partial charge in [0.1, 0.15) is 24.4 Å². The van der Waals surface area contributed by atoms with Crippen LogP contribution in [-0.4, -0.2) is 87.5 Å². The average molecular weight is 784 g/mol. The Morgan fingerprint density at radius 3 is 1.61 bits per heavy atom. The summed E-state index contributed by atoms with van der Waals surface area (Å²) < 4.78 is 11.1. The smallest absolute Gasteiger partial charge is 0.220 e. The maximum atomic E-state index is 12.8. The highest BCUT2D eigenvalue weighted by molar-refractivity contribution is 5.76. The minimum atomic E-state index is -1.56. The average Bonchev–Trinajstić information content (AvgIpc) is 3.20. The fraction of sp³-hybridized carbons (Fsp3) is 0.638. The molecule has 1 rings (SSSR count). The molecule has 0 spiro atoms. The molecule has 0 radical (unpaired) electrons. The summed E-state index contributed by atoms with van der Waals surface area (Å²) >= 11 is 0. The third-order valence-electron chi connectivity index (χ3n) is 9.45. The minimum Gasteiger partial charge on any atom is -0.394 e. The largest absolute Gasteiger partial charge is 0.394 e. The Balaban J connectivity index is 2.19. The van der Waals surface area contributed by atoms with Gasteiger partial charge in [0.2, 0.25) is 5.91 Å². The molecule has 1 heterocycles. The second-order valence-electron chi connectivity index (χ2n) is 14.4. The van der Waals surface area contributed by atoms with Crippen molar-refractivity contribution < 1.29 is 39.8 Å². The molecular formula is C47H77NO8. The standard InChI is InChI=1S/C47H77NO8/c1-3-5-7-9-10-11-12-13-14-15-16-17-18-19-20-21-22-23-24-25-26-27-28-29-30-31-32-33-35-37-43(51)48-40(41(50)36-34-8-6-4-2)39-55-47-46(54)45(53)44(52)42(38-49)56-47/h5,7,10-11,13-14,16-17,19-20,22-23,25-26,28-29,40-42,44-47,49-50,52-54H,3-4,6,8-9,12,15,18,21,24,27,30-39H2,1-2H3,(H,48,51)/b7-5-,11-10-,14-13-,17-16-,20-19-,23-22-,26-25-,29-28-. The molecule has 9 nitrogen and oxygen atoms in total. The highest BCUT2D eigenvalue weighted by atomic mass is 16.7. The van der Waals surface area contributed by atoms with Gasteiger partial charge in [-0.1, -0.05) is 150 Å². The molecule has 0 aromatic carbocycles. The molecule has 0 aromatic heterocycles. The third kappa shape index (κ3) is 26.9. The van der Waals surface area contributed by atoms with Gasteiger partial charge >= 0.3 is 0 Å². The fourth-order valence-electron chi connectivity index (χ4n) is 6.00. The number of amides is 1. The minimum absolute atomic E-state index is 0.159. The molecule has 0 bridgehead atoms. The lowest BCUT2D eigenvalue weighted by Gasteiger charge is -2.40. The first-order valence-electron chi connectivity index (χ1n) is 21.4. The van der Waals surface area contributed by atoms with Gasteiger partial charge in [-0.3, -0.25) is 4.79 Å². The first-order valence-corrected chi connectivity index (χ1v) is 21.4. The van der Waals surface area contributed by atoms with Crippen molar-refractivity contribution in [1.82, 2.24) is 5.32 Å². The van der Waals surface area contributed by atoms with Crippen LogP contribution in [0.4, 0.5) is 0 Å². The maximum absolute atomic E-state index is 12.8. The molecule has 1 amide bonds. The lowest BCUT2D eigenvalue weighted by molar-refractivity contribution is -0.302. The highest BCUT2D eigenvalue weighted by Crippen LogP contribution is 2.22. The topological polar surface area (TPSA) is 149 Å². The molecule has 0 aliphatic carbocycles. The summed E-state index contributed by atoms with van der Waals surface area (Å²) in [5.74, 6) is -0.185. The van der Waals surface area contributed by atoms with Crippen molar-refractivity contribution >= 4 is 5.91 Å². The second kappa shape index (κ2) is 36.5. The van der Waals surface area contributed by atoms with E-state index in [1.807, 2.05) is 0 Å². The van der Waals surface area contributed by atoms with E-state index in [4.69, 9.17) is 9.47 Å². The van der Waals surface area contributed by atoms with Crippen molar-refractivity contribution in [2.45, 2.75) is 179 Å². The molecule has 1 fully saturated rings. The number of carbonyl (C=O) groups is 1. The first kappa shape index (κ1) is 51.1. The van der Waals surface area contributed by atoms with E-state index < -0.39 is 49.5 Å². The number of rotatable bonds is 33. The molecule has 7 unspecified atom stereocenters. The van der Waals surface area contributed by atoms with Gasteiger partial charge in [-0.2, -0.15) is 0 Å². The Morgan fingerprint density at radius 2 is 1.11 bits per heavy atom. The van der Waals surface area contributed by atoms with Crippen LogP contribution in [-0.2, 0) is 14.3 Å². The summed E-state index contributed by atoms with van der Waals surface area (Å²) in [6, 6.07) is -0.735. The van der Waals surface area contributed by atoms with Crippen LogP contribution in [0.1, 0.15) is 136 Å². The molecule has 0 aromatic rings. The number of hydrogen-bond acceptors (Lipinski definition) is 8. The first-order chi connectivity index (χ1) is 27.3. The fourth-order valence-corrected chi connectivity index (χ4v) is 6.00. The van der Waals surface area contributed by atoms with Gasteiger partial charge in [-0.15, -0.1) is 0 Å². The van der Waals surface area contributed by atoms with Crippen molar-refractivity contribution in [2.75, 3.05) is 13.2 Å². The van der Waals surface area contributed by atoms with E-state index in [1.165, 1.54) is 0 Å². The van der Waals surface area contributed by atoms with E-state index >= 15 is 0 Å².